The Kier molecular flexibility index (Phi) is 4.96. The first-order valence-corrected chi connectivity index (χ1v) is 7.82. The molecule has 3 nitrogen and oxygen atoms in total. The largest absolute Gasteiger partial charge is 0.508 e. The van der Waals surface area contributed by atoms with Crippen molar-refractivity contribution in [2.24, 2.45) is 0 Å². The Morgan fingerprint density at radius 1 is 0.818 bits per heavy atom. The van der Waals surface area contributed by atoms with Crippen LogP contribution in [0.3, 0.4) is 0 Å². The molecule has 0 bridgehead atoms. The molecular formula is C19H24O3. The topological polar surface area (TPSA) is 60.7 Å². The molecule has 2 atom stereocenters. The molecule has 3 N–H and O–H groups in total. The van der Waals surface area contributed by atoms with E-state index in [1.165, 1.54) is 6.07 Å². The highest BCUT2D eigenvalue weighted by Gasteiger charge is 2.19. The van der Waals surface area contributed by atoms with Crippen molar-refractivity contribution in [2.45, 2.75) is 45.4 Å². The van der Waals surface area contributed by atoms with Gasteiger partial charge >= 0.3 is 0 Å². The number of rotatable bonds is 5. The maximum absolute atomic E-state index is 10.1. The summed E-state index contributed by atoms with van der Waals surface area (Å²) in [7, 11) is 0. The zero-order chi connectivity index (χ0) is 16.3. The second-order valence-electron chi connectivity index (χ2n) is 5.83. The van der Waals surface area contributed by atoms with Crippen LogP contribution in [0.1, 0.15) is 62.1 Å². The van der Waals surface area contributed by atoms with E-state index >= 15 is 0 Å². The van der Waals surface area contributed by atoms with Crippen LogP contribution in [0.25, 0.3) is 0 Å². The maximum Gasteiger partial charge on any atom is 0.123 e. The highest BCUT2D eigenvalue weighted by Crippen LogP contribution is 2.38. The Bertz CT molecular complexity index is 649. The predicted molar refractivity (Wildman–Crippen MR) is 88.7 cm³/mol. The summed E-state index contributed by atoms with van der Waals surface area (Å²) in [6.07, 6.45) is 1.78. The lowest BCUT2D eigenvalue weighted by atomic mass is 9.85. The second-order valence-corrected chi connectivity index (χ2v) is 5.83. The fourth-order valence-electron chi connectivity index (χ4n) is 2.87. The molecule has 3 heteroatoms. The summed E-state index contributed by atoms with van der Waals surface area (Å²) in [5.74, 6) is 0.796. The molecule has 0 aromatic heterocycles. The van der Waals surface area contributed by atoms with Gasteiger partial charge in [-0.2, -0.15) is 0 Å². The quantitative estimate of drug-likeness (QED) is 0.739. The molecule has 22 heavy (non-hydrogen) atoms. The molecule has 0 saturated carbocycles. The van der Waals surface area contributed by atoms with Gasteiger partial charge in [0.25, 0.3) is 0 Å². The average Bonchev–Trinajstić information content (AvgIpc) is 2.50. The van der Waals surface area contributed by atoms with Gasteiger partial charge in [0, 0.05) is 17.5 Å². The SMILES string of the molecule is CCC(C)c1cc(C(CC)c2ccc(O)cc2O)ccc1O. The van der Waals surface area contributed by atoms with Crippen LogP contribution in [0, 0.1) is 0 Å². The van der Waals surface area contributed by atoms with Gasteiger partial charge in [-0.1, -0.05) is 39.0 Å². The Balaban J connectivity index is 2.47. The first-order valence-electron chi connectivity index (χ1n) is 7.82. The average molecular weight is 300 g/mol. The molecule has 2 aromatic carbocycles. The second kappa shape index (κ2) is 6.73. The van der Waals surface area contributed by atoms with Crippen LogP contribution in [0.4, 0.5) is 0 Å². The van der Waals surface area contributed by atoms with Crippen LogP contribution in [-0.4, -0.2) is 15.3 Å². The van der Waals surface area contributed by atoms with Crippen LogP contribution in [-0.2, 0) is 0 Å². The summed E-state index contributed by atoms with van der Waals surface area (Å²) in [5, 5.41) is 29.6. The van der Waals surface area contributed by atoms with Crippen LogP contribution < -0.4 is 0 Å². The maximum atomic E-state index is 10.1. The molecule has 2 unspecified atom stereocenters. The van der Waals surface area contributed by atoms with Gasteiger partial charge in [-0.25, -0.2) is 0 Å². The van der Waals surface area contributed by atoms with Gasteiger partial charge in [0.2, 0.25) is 0 Å². The summed E-state index contributed by atoms with van der Waals surface area (Å²) in [6.45, 7) is 6.25. The molecule has 2 rings (SSSR count). The zero-order valence-corrected chi connectivity index (χ0v) is 13.4. The van der Waals surface area contributed by atoms with Crippen molar-refractivity contribution < 1.29 is 15.3 Å². The molecule has 0 radical (unpaired) electrons. The summed E-state index contributed by atoms with van der Waals surface area (Å²) in [5.41, 5.74) is 2.80. The molecule has 2 aromatic rings. The lowest BCUT2D eigenvalue weighted by molar-refractivity contribution is 0.443. The van der Waals surface area contributed by atoms with Crippen molar-refractivity contribution >= 4 is 0 Å². The van der Waals surface area contributed by atoms with E-state index in [4.69, 9.17) is 0 Å². The van der Waals surface area contributed by atoms with E-state index in [9.17, 15) is 15.3 Å². The van der Waals surface area contributed by atoms with Crippen molar-refractivity contribution in [3.63, 3.8) is 0 Å². The van der Waals surface area contributed by atoms with E-state index in [2.05, 4.69) is 20.8 Å². The molecular weight excluding hydrogens is 276 g/mol. The normalized spacial score (nSPS) is 13.8. The van der Waals surface area contributed by atoms with Gasteiger partial charge in [-0.15, -0.1) is 0 Å². The minimum absolute atomic E-state index is 0.0315. The van der Waals surface area contributed by atoms with Crippen molar-refractivity contribution in [2.75, 3.05) is 0 Å². The molecule has 0 aliphatic heterocycles. The Hall–Kier alpha value is -2.16. The first-order chi connectivity index (χ1) is 10.5. The summed E-state index contributed by atoms with van der Waals surface area (Å²) >= 11 is 0. The third kappa shape index (κ3) is 3.19. The van der Waals surface area contributed by atoms with Gasteiger partial charge < -0.3 is 15.3 Å². The highest BCUT2D eigenvalue weighted by molar-refractivity contribution is 5.47. The van der Waals surface area contributed by atoms with Gasteiger partial charge in [0.15, 0.2) is 0 Å². The van der Waals surface area contributed by atoms with E-state index in [1.807, 2.05) is 12.1 Å². The number of phenols is 3. The van der Waals surface area contributed by atoms with Crippen LogP contribution in [0.5, 0.6) is 17.2 Å². The fraction of sp³-hybridized carbons (Fsp3) is 0.368. The van der Waals surface area contributed by atoms with E-state index in [0.717, 1.165) is 29.5 Å². The Morgan fingerprint density at radius 3 is 2.14 bits per heavy atom. The number of hydrogen-bond donors (Lipinski definition) is 3. The Morgan fingerprint density at radius 2 is 1.55 bits per heavy atom. The van der Waals surface area contributed by atoms with E-state index in [1.54, 1.807) is 18.2 Å². The van der Waals surface area contributed by atoms with Crippen molar-refractivity contribution in [3.05, 3.63) is 53.1 Å². The lowest BCUT2D eigenvalue weighted by Crippen LogP contribution is -2.02. The number of phenolic OH excluding ortho intramolecular Hbond substituents is 3. The van der Waals surface area contributed by atoms with Gasteiger partial charge in [0.1, 0.15) is 17.2 Å². The minimum atomic E-state index is 0.0315. The molecule has 0 fully saturated rings. The summed E-state index contributed by atoms with van der Waals surface area (Å²) < 4.78 is 0. The molecule has 0 saturated heterocycles. The third-order valence-corrected chi connectivity index (χ3v) is 4.39. The number of benzene rings is 2. The lowest BCUT2D eigenvalue weighted by Gasteiger charge is -2.20. The zero-order valence-electron chi connectivity index (χ0n) is 13.4. The summed E-state index contributed by atoms with van der Waals surface area (Å²) in [4.78, 5) is 0. The van der Waals surface area contributed by atoms with Gasteiger partial charge in [0.05, 0.1) is 0 Å². The van der Waals surface area contributed by atoms with Crippen molar-refractivity contribution in [1.82, 2.24) is 0 Å². The van der Waals surface area contributed by atoms with Gasteiger partial charge in [-0.05, 0) is 42.0 Å². The molecule has 0 aliphatic rings. The molecule has 0 aliphatic carbocycles. The van der Waals surface area contributed by atoms with Crippen LogP contribution in [0.2, 0.25) is 0 Å². The molecule has 118 valence electrons. The van der Waals surface area contributed by atoms with Crippen LogP contribution in [0.15, 0.2) is 36.4 Å². The summed E-state index contributed by atoms with van der Waals surface area (Å²) in [6, 6.07) is 10.4. The molecule has 0 heterocycles. The number of aromatic hydroxyl groups is 3. The van der Waals surface area contributed by atoms with Crippen molar-refractivity contribution in [3.8, 4) is 17.2 Å². The predicted octanol–water partition coefficient (Wildman–Crippen LogP) is 4.86. The standard InChI is InChI=1S/C19H24O3/c1-4-12(3)17-10-13(6-9-18(17)21)15(5-2)16-8-7-14(20)11-19(16)22/h6-12,15,20-22H,4-5H2,1-3H3. The minimum Gasteiger partial charge on any atom is -0.508 e. The van der Waals surface area contributed by atoms with Crippen LogP contribution >= 0.6 is 0 Å². The van der Waals surface area contributed by atoms with Crippen molar-refractivity contribution in [1.29, 1.82) is 0 Å². The van der Waals surface area contributed by atoms with E-state index < -0.39 is 0 Å². The molecule has 0 amide bonds. The molecule has 0 spiro atoms. The van der Waals surface area contributed by atoms with E-state index in [0.29, 0.717) is 5.75 Å². The highest BCUT2D eigenvalue weighted by atomic mass is 16.3. The van der Waals surface area contributed by atoms with E-state index in [-0.39, 0.29) is 23.3 Å². The third-order valence-electron chi connectivity index (χ3n) is 4.39. The smallest absolute Gasteiger partial charge is 0.123 e. The van der Waals surface area contributed by atoms with Gasteiger partial charge in [-0.3, -0.25) is 0 Å². The fourth-order valence-corrected chi connectivity index (χ4v) is 2.87. The monoisotopic (exact) mass is 300 g/mol. The first kappa shape index (κ1) is 16.2. The Labute approximate surface area is 131 Å². The number of hydrogen-bond acceptors (Lipinski definition) is 3.